The van der Waals surface area contributed by atoms with Crippen molar-refractivity contribution < 1.29 is 9.47 Å². The van der Waals surface area contributed by atoms with Crippen molar-refractivity contribution >= 4 is 0 Å². The minimum Gasteiger partial charge on any atom is -0.493 e. The van der Waals surface area contributed by atoms with Crippen LogP contribution in [0.5, 0.6) is 11.5 Å². The molecule has 0 spiro atoms. The molecule has 2 unspecified atom stereocenters. The topological polar surface area (TPSA) is 18.5 Å². The van der Waals surface area contributed by atoms with E-state index in [0.717, 1.165) is 30.3 Å². The number of methoxy groups -OCH3 is 1. The van der Waals surface area contributed by atoms with Crippen LogP contribution in [-0.2, 0) is 0 Å². The second-order valence-electron chi connectivity index (χ2n) is 5.72. The van der Waals surface area contributed by atoms with Crippen molar-refractivity contribution in [3.8, 4) is 11.5 Å². The first-order chi connectivity index (χ1) is 8.60. The van der Waals surface area contributed by atoms with E-state index in [1.807, 2.05) is 0 Å². The molecule has 1 fully saturated rings. The quantitative estimate of drug-likeness (QED) is 0.787. The fourth-order valence-corrected chi connectivity index (χ4v) is 2.58. The molecule has 1 aromatic rings. The molecule has 0 N–H and O–H groups in total. The predicted molar refractivity (Wildman–Crippen MR) is 74.5 cm³/mol. The highest BCUT2D eigenvalue weighted by Gasteiger charge is 2.23. The smallest absolute Gasteiger partial charge is 0.161 e. The Labute approximate surface area is 110 Å². The van der Waals surface area contributed by atoms with Gasteiger partial charge in [-0.1, -0.05) is 26.8 Å². The summed E-state index contributed by atoms with van der Waals surface area (Å²) in [6.45, 7) is 6.67. The third-order valence-corrected chi connectivity index (χ3v) is 3.79. The van der Waals surface area contributed by atoms with Gasteiger partial charge in [-0.2, -0.15) is 0 Å². The Hall–Kier alpha value is -1.18. The molecule has 0 bridgehead atoms. The summed E-state index contributed by atoms with van der Waals surface area (Å²) in [5.41, 5.74) is 1.29. The first kappa shape index (κ1) is 13.3. The Bertz CT molecular complexity index is 398. The maximum absolute atomic E-state index is 6.08. The first-order valence-corrected chi connectivity index (χ1v) is 6.94. The van der Waals surface area contributed by atoms with Crippen LogP contribution < -0.4 is 9.47 Å². The van der Waals surface area contributed by atoms with E-state index in [4.69, 9.17) is 9.47 Å². The average molecular weight is 248 g/mol. The van der Waals surface area contributed by atoms with Crippen molar-refractivity contribution in [1.82, 2.24) is 0 Å². The maximum Gasteiger partial charge on any atom is 0.161 e. The normalized spacial score (nSPS) is 23.4. The third kappa shape index (κ3) is 2.98. The van der Waals surface area contributed by atoms with Crippen molar-refractivity contribution in [1.29, 1.82) is 0 Å². The van der Waals surface area contributed by atoms with Gasteiger partial charge >= 0.3 is 0 Å². The molecule has 1 aliphatic rings. The number of ether oxygens (including phenoxy) is 2. The molecule has 0 radical (unpaired) electrons. The fraction of sp³-hybridized carbons (Fsp3) is 0.625. The Morgan fingerprint density at radius 1 is 1.17 bits per heavy atom. The van der Waals surface area contributed by atoms with Crippen LogP contribution in [0.15, 0.2) is 18.2 Å². The lowest BCUT2D eigenvalue weighted by atomic mass is 10.0. The average Bonchev–Trinajstić information content (AvgIpc) is 2.75. The van der Waals surface area contributed by atoms with Gasteiger partial charge in [0, 0.05) is 0 Å². The lowest BCUT2D eigenvalue weighted by Gasteiger charge is -2.17. The molecule has 1 aliphatic carbocycles. The number of benzene rings is 1. The van der Waals surface area contributed by atoms with Gasteiger partial charge in [-0.05, 0) is 48.8 Å². The number of hydrogen-bond acceptors (Lipinski definition) is 2. The summed E-state index contributed by atoms with van der Waals surface area (Å²) in [6, 6.07) is 6.29. The van der Waals surface area contributed by atoms with E-state index in [-0.39, 0.29) is 0 Å². The summed E-state index contributed by atoms with van der Waals surface area (Å²) in [4.78, 5) is 0. The molecular formula is C16H24O2. The van der Waals surface area contributed by atoms with Crippen molar-refractivity contribution in [2.75, 3.05) is 7.11 Å². The van der Waals surface area contributed by atoms with Gasteiger partial charge in [0.2, 0.25) is 0 Å². The van der Waals surface area contributed by atoms with Gasteiger partial charge in [-0.3, -0.25) is 0 Å². The number of rotatable bonds is 4. The Balaban J connectivity index is 2.12. The van der Waals surface area contributed by atoms with E-state index in [0.29, 0.717) is 12.0 Å². The lowest BCUT2D eigenvalue weighted by molar-refractivity contribution is 0.196. The third-order valence-electron chi connectivity index (χ3n) is 3.79. The fourth-order valence-electron chi connectivity index (χ4n) is 2.58. The standard InChI is InChI=1S/C16H24O2/c1-11(2)13-6-8-15(16(10-13)17-4)18-14-7-5-12(3)9-14/h6,8,10-12,14H,5,7,9H2,1-4H3. The molecule has 2 nitrogen and oxygen atoms in total. The minimum absolute atomic E-state index is 0.360. The van der Waals surface area contributed by atoms with E-state index in [2.05, 4.69) is 39.0 Å². The van der Waals surface area contributed by atoms with Crippen molar-refractivity contribution in [2.24, 2.45) is 5.92 Å². The maximum atomic E-state index is 6.08. The van der Waals surface area contributed by atoms with Gasteiger partial charge in [0.1, 0.15) is 0 Å². The van der Waals surface area contributed by atoms with Gasteiger partial charge in [0.05, 0.1) is 13.2 Å². The van der Waals surface area contributed by atoms with Crippen LogP contribution in [0.25, 0.3) is 0 Å². The first-order valence-electron chi connectivity index (χ1n) is 6.94. The van der Waals surface area contributed by atoms with Crippen LogP contribution in [-0.4, -0.2) is 13.2 Å². The van der Waals surface area contributed by atoms with Crippen molar-refractivity contribution in [3.63, 3.8) is 0 Å². The van der Waals surface area contributed by atoms with Gasteiger partial charge in [-0.25, -0.2) is 0 Å². The highest BCUT2D eigenvalue weighted by Crippen LogP contribution is 2.35. The van der Waals surface area contributed by atoms with Crippen molar-refractivity contribution in [3.05, 3.63) is 23.8 Å². The molecule has 1 saturated carbocycles. The molecule has 0 aliphatic heterocycles. The van der Waals surface area contributed by atoms with Crippen LogP contribution in [0.2, 0.25) is 0 Å². The van der Waals surface area contributed by atoms with E-state index in [1.54, 1.807) is 7.11 Å². The Morgan fingerprint density at radius 2 is 1.94 bits per heavy atom. The number of hydrogen-bond donors (Lipinski definition) is 0. The molecule has 1 aromatic carbocycles. The van der Waals surface area contributed by atoms with Crippen LogP contribution in [0.4, 0.5) is 0 Å². The van der Waals surface area contributed by atoms with Gasteiger partial charge in [0.25, 0.3) is 0 Å². The van der Waals surface area contributed by atoms with E-state index in [1.165, 1.54) is 12.0 Å². The second kappa shape index (κ2) is 5.64. The van der Waals surface area contributed by atoms with E-state index in [9.17, 15) is 0 Å². The van der Waals surface area contributed by atoms with E-state index < -0.39 is 0 Å². The zero-order chi connectivity index (χ0) is 13.1. The summed E-state index contributed by atoms with van der Waals surface area (Å²) >= 11 is 0. The zero-order valence-corrected chi connectivity index (χ0v) is 11.9. The minimum atomic E-state index is 0.360. The van der Waals surface area contributed by atoms with Gasteiger partial charge in [-0.15, -0.1) is 0 Å². The predicted octanol–water partition coefficient (Wildman–Crippen LogP) is 4.39. The molecule has 18 heavy (non-hydrogen) atoms. The Morgan fingerprint density at radius 3 is 2.50 bits per heavy atom. The summed E-state index contributed by atoms with van der Waals surface area (Å²) in [5, 5.41) is 0. The summed E-state index contributed by atoms with van der Waals surface area (Å²) in [6.07, 6.45) is 3.96. The van der Waals surface area contributed by atoms with Crippen LogP contribution in [0.3, 0.4) is 0 Å². The molecule has 0 heterocycles. The molecule has 2 atom stereocenters. The molecule has 0 amide bonds. The highest BCUT2D eigenvalue weighted by atomic mass is 16.5. The van der Waals surface area contributed by atoms with Crippen LogP contribution >= 0.6 is 0 Å². The summed E-state index contributed by atoms with van der Waals surface area (Å²) in [5.74, 6) is 3.05. The largest absolute Gasteiger partial charge is 0.493 e. The van der Waals surface area contributed by atoms with Gasteiger partial charge in [0.15, 0.2) is 11.5 Å². The lowest BCUT2D eigenvalue weighted by Crippen LogP contribution is -2.12. The molecule has 0 saturated heterocycles. The molecule has 2 heteroatoms. The zero-order valence-electron chi connectivity index (χ0n) is 11.9. The second-order valence-corrected chi connectivity index (χ2v) is 5.72. The SMILES string of the molecule is COc1cc(C(C)C)ccc1OC1CCC(C)C1. The monoisotopic (exact) mass is 248 g/mol. The van der Waals surface area contributed by atoms with Crippen molar-refractivity contribution in [2.45, 2.75) is 52.1 Å². The highest BCUT2D eigenvalue weighted by molar-refractivity contribution is 5.44. The van der Waals surface area contributed by atoms with Crippen LogP contribution in [0.1, 0.15) is 51.5 Å². The molecule has 2 rings (SSSR count). The van der Waals surface area contributed by atoms with E-state index >= 15 is 0 Å². The Kier molecular flexibility index (Phi) is 4.15. The van der Waals surface area contributed by atoms with Gasteiger partial charge < -0.3 is 9.47 Å². The molecular weight excluding hydrogens is 224 g/mol. The molecule has 0 aromatic heterocycles. The summed E-state index contributed by atoms with van der Waals surface area (Å²) < 4.78 is 11.5. The van der Waals surface area contributed by atoms with Crippen LogP contribution in [0, 0.1) is 5.92 Å². The molecule has 100 valence electrons. The summed E-state index contributed by atoms with van der Waals surface area (Å²) in [7, 11) is 1.71.